The number of hydrogen-bond donors (Lipinski definition) is 2. The normalized spacial score (nSPS) is 11.9. The van der Waals surface area contributed by atoms with Gasteiger partial charge in [-0.25, -0.2) is 0 Å². The Balaban J connectivity index is 2.84. The van der Waals surface area contributed by atoms with Crippen LogP contribution in [0.4, 0.5) is 0 Å². The highest BCUT2D eigenvalue weighted by Gasteiger charge is 2.14. The minimum absolute atomic E-state index is 0.177. The van der Waals surface area contributed by atoms with E-state index in [1.54, 1.807) is 24.3 Å². The Bertz CT molecular complexity index is 338. The summed E-state index contributed by atoms with van der Waals surface area (Å²) in [5, 5.41) is 17.0. The third-order valence-electron chi connectivity index (χ3n) is 1.95. The number of ether oxygens (including phenoxy) is 2. The largest absolute Gasteiger partial charge is 0.494 e. The molecule has 15 heavy (non-hydrogen) atoms. The van der Waals surface area contributed by atoms with E-state index in [0.717, 1.165) is 0 Å². The van der Waals surface area contributed by atoms with Gasteiger partial charge in [0.05, 0.1) is 13.7 Å². The molecule has 0 radical (unpaired) electrons. The van der Waals surface area contributed by atoms with Gasteiger partial charge < -0.3 is 14.6 Å². The molecule has 4 nitrogen and oxygen atoms in total. The van der Waals surface area contributed by atoms with E-state index in [0.29, 0.717) is 17.9 Å². The number of methoxy groups -OCH3 is 1. The van der Waals surface area contributed by atoms with Crippen LogP contribution in [0.5, 0.6) is 5.75 Å². The fourth-order valence-electron chi connectivity index (χ4n) is 1.20. The smallest absolute Gasteiger partial charge is 0.214 e. The monoisotopic (exact) mass is 209 g/mol. The molecule has 82 valence electrons. The van der Waals surface area contributed by atoms with Crippen molar-refractivity contribution in [3.8, 4) is 5.75 Å². The molecule has 0 saturated carbocycles. The lowest BCUT2D eigenvalue weighted by Gasteiger charge is -2.12. The summed E-state index contributed by atoms with van der Waals surface area (Å²) in [6, 6.07) is 6.99. The summed E-state index contributed by atoms with van der Waals surface area (Å²) in [7, 11) is 1.36. The van der Waals surface area contributed by atoms with Crippen molar-refractivity contribution in [1.29, 1.82) is 5.41 Å². The third-order valence-corrected chi connectivity index (χ3v) is 1.95. The second-order valence-electron chi connectivity index (χ2n) is 2.98. The van der Waals surface area contributed by atoms with Crippen molar-refractivity contribution in [3.05, 3.63) is 29.8 Å². The van der Waals surface area contributed by atoms with Crippen LogP contribution in [-0.4, -0.2) is 24.7 Å². The number of rotatable bonds is 4. The molecule has 2 N–H and O–H groups in total. The summed E-state index contributed by atoms with van der Waals surface area (Å²) in [5.74, 6) is 0.501. The van der Waals surface area contributed by atoms with Crippen LogP contribution in [-0.2, 0) is 4.74 Å². The highest BCUT2D eigenvalue weighted by atomic mass is 16.5. The molecule has 0 aliphatic rings. The van der Waals surface area contributed by atoms with Crippen molar-refractivity contribution in [3.63, 3.8) is 0 Å². The zero-order chi connectivity index (χ0) is 11.3. The second kappa shape index (κ2) is 5.36. The molecular formula is C11H15NO3. The fraction of sp³-hybridized carbons (Fsp3) is 0.364. The van der Waals surface area contributed by atoms with Crippen molar-refractivity contribution >= 4 is 5.90 Å². The maximum Gasteiger partial charge on any atom is 0.214 e. The average molecular weight is 209 g/mol. The average Bonchev–Trinajstić information content (AvgIpc) is 2.28. The van der Waals surface area contributed by atoms with Gasteiger partial charge in [-0.3, -0.25) is 5.41 Å². The van der Waals surface area contributed by atoms with Crippen LogP contribution in [0, 0.1) is 5.41 Å². The maximum atomic E-state index is 9.68. The predicted octanol–water partition coefficient (Wildman–Crippen LogP) is 1.74. The lowest BCUT2D eigenvalue weighted by atomic mass is 10.1. The molecule has 0 heterocycles. The Morgan fingerprint density at radius 2 is 2.27 bits per heavy atom. The number of benzene rings is 1. The molecule has 1 aromatic carbocycles. The summed E-state index contributed by atoms with van der Waals surface area (Å²) in [4.78, 5) is 0. The Hall–Kier alpha value is -1.55. The predicted molar refractivity (Wildman–Crippen MR) is 57.3 cm³/mol. The molecular weight excluding hydrogens is 194 g/mol. The van der Waals surface area contributed by atoms with E-state index < -0.39 is 6.10 Å². The minimum atomic E-state index is -1.03. The molecule has 0 aliphatic carbocycles. The van der Waals surface area contributed by atoms with Crippen LogP contribution < -0.4 is 4.74 Å². The Morgan fingerprint density at radius 1 is 1.53 bits per heavy atom. The first-order valence-electron chi connectivity index (χ1n) is 4.72. The zero-order valence-electron chi connectivity index (χ0n) is 8.86. The summed E-state index contributed by atoms with van der Waals surface area (Å²) in [6.07, 6.45) is -1.03. The minimum Gasteiger partial charge on any atom is -0.494 e. The summed E-state index contributed by atoms with van der Waals surface area (Å²) < 4.78 is 9.95. The molecule has 1 rings (SSSR count). The van der Waals surface area contributed by atoms with Crippen molar-refractivity contribution in [1.82, 2.24) is 0 Å². The van der Waals surface area contributed by atoms with Crippen LogP contribution in [0.3, 0.4) is 0 Å². The van der Waals surface area contributed by atoms with Gasteiger partial charge in [-0.2, -0.15) is 0 Å². The van der Waals surface area contributed by atoms with Crippen LogP contribution in [0.25, 0.3) is 0 Å². The third kappa shape index (κ3) is 2.95. The molecule has 1 unspecified atom stereocenters. The highest BCUT2D eigenvalue weighted by Crippen LogP contribution is 2.20. The molecule has 1 aromatic rings. The van der Waals surface area contributed by atoms with Gasteiger partial charge in [0.15, 0.2) is 6.10 Å². The first-order chi connectivity index (χ1) is 7.19. The Kier molecular flexibility index (Phi) is 4.12. The molecule has 0 bridgehead atoms. The number of nitrogens with one attached hydrogen (secondary N) is 1. The van der Waals surface area contributed by atoms with Gasteiger partial charge in [0.1, 0.15) is 5.75 Å². The van der Waals surface area contributed by atoms with E-state index in [1.807, 2.05) is 6.92 Å². The summed E-state index contributed by atoms with van der Waals surface area (Å²) in [6.45, 7) is 2.46. The fourth-order valence-corrected chi connectivity index (χ4v) is 1.20. The van der Waals surface area contributed by atoms with Gasteiger partial charge in [0.2, 0.25) is 5.90 Å². The van der Waals surface area contributed by atoms with Crippen LogP contribution in [0.15, 0.2) is 24.3 Å². The standard InChI is InChI=1S/C11H15NO3/c1-3-15-9-6-4-5-8(7-9)10(13)11(12)14-2/h4-7,10,12-13H,3H2,1-2H3. The molecule has 0 aromatic heterocycles. The van der Waals surface area contributed by atoms with E-state index in [1.165, 1.54) is 7.11 Å². The van der Waals surface area contributed by atoms with E-state index in [9.17, 15) is 5.11 Å². The van der Waals surface area contributed by atoms with Gasteiger partial charge in [0, 0.05) is 0 Å². The van der Waals surface area contributed by atoms with Crippen LogP contribution in [0.2, 0.25) is 0 Å². The summed E-state index contributed by atoms with van der Waals surface area (Å²) in [5.41, 5.74) is 0.591. The van der Waals surface area contributed by atoms with Gasteiger partial charge in [-0.1, -0.05) is 12.1 Å². The van der Waals surface area contributed by atoms with Crippen molar-refractivity contribution in [2.24, 2.45) is 0 Å². The Morgan fingerprint density at radius 3 is 2.87 bits per heavy atom. The molecule has 0 saturated heterocycles. The molecule has 0 amide bonds. The number of hydrogen-bond acceptors (Lipinski definition) is 4. The first-order valence-corrected chi connectivity index (χ1v) is 4.72. The van der Waals surface area contributed by atoms with Gasteiger partial charge in [-0.05, 0) is 24.6 Å². The molecule has 0 spiro atoms. The number of aliphatic hydroxyl groups is 1. The zero-order valence-corrected chi connectivity index (χ0v) is 8.86. The topological polar surface area (TPSA) is 62.5 Å². The van der Waals surface area contributed by atoms with Gasteiger partial charge in [-0.15, -0.1) is 0 Å². The molecule has 0 aliphatic heterocycles. The maximum absolute atomic E-state index is 9.68. The summed E-state index contributed by atoms with van der Waals surface area (Å²) >= 11 is 0. The SMILES string of the molecule is CCOc1cccc(C(O)C(=N)OC)c1. The van der Waals surface area contributed by atoms with Crippen LogP contribution in [0.1, 0.15) is 18.6 Å². The molecule has 4 heteroatoms. The van der Waals surface area contributed by atoms with E-state index in [-0.39, 0.29) is 5.90 Å². The van der Waals surface area contributed by atoms with Crippen molar-refractivity contribution < 1.29 is 14.6 Å². The molecule has 1 atom stereocenters. The van der Waals surface area contributed by atoms with Gasteiger partial charge in [0.25, 0.3) is 0 Å². The van der Waals surface area contributed by atoms with Crippen LogP contribution >= 0.6 is 0 Å². The molecule has 0 fully saturated rings. The Labute approximate surface area is 89.0 Å². The quantitative estimate of drug-likeness (QED) is 0.586. The number of aliphatic hydroxyl groups excluding tert-OH is 1. The van der Waals surface area contributed by atoms with Crippen molar-refractivity contribution in [2.75, 3.05) is 13.7 Å². The van der Waals surface area contributed by atoms with E-state index in [4.69, 9.17) is 10.1 Å². The van der Waals surface area contributed by atoms with Crippen molar-refractivity contribution in [2.45, 2.75) is 13.0 Å². The lowest BCUT2D eigenvalue weighted by molar-refractivity contribution is 0.204. The van der Waals surface area contributed by atoms with E-state index >= 15 is 0 Å². The first kappa shape index (κ1) is 11.5. The van der Waals surface area contributed by atoms with E-state index in [2.05, 4.69) is 4.74 Å². The lowest BCUT2D eigenvalue weighted by Crippen LogP contribution is -2.12. The highest BCUT2D eigenvalue weighted by molar-refractivity contribution is 5.78. The second-order valence-corrected chi connectivity index (χ2v) is 2.98. The van der Waals surface area contributed by atoms with Gasteiger partial charge >= 0.3 is 0 Å².